The first kappa shape index (κ1) is 14.6. The molecule has 3 heterocycles. The molecule has 0 saturated heterocycles. The van der Waals surface area contributed by atoms with Crippen LogP contribution in [0, 0.1) is 12.7 Å². The molecule has 4 rings (SSSR count). The quantitative estimate of drug-likeness (QED) is 0.749. The van der Waals surface area contributed by atoms with Crippen LogP contribution in [0.15, 0.2) is 47.4 Å². The van der Waals surface area contributed by atoms with Gasteiger partial charge in [0.25, 0.3) is 5.56 Å². The molecule has 0 aliphatic carbocycles. The number of aromatic nitrogens is 2. The van der Waals surface area contributed by atoms with Gasteiger partial charge >= 0.3 is 0 Å². The number of benzene rings is 1. The third kappa shape index (κ3) is 2.19. The standard InChI is InChI=1S/C18H14FN3O2/c1-10-4-3-7-22-16(10)21-18(24)15-13(9-14(23)20-17(15)22)11-5-2-6-12(19)8-11/h2-8,13H,9H2,1H3,(H,20,23)/t13-/m0/s1. The van der Waals surface area contributed by atoms with Gasteiger partial charge in [-0.2, -0.15) is 4.98 Å². The highest BCUT2D eigenvalue weighted by molar-refractivity contribution is 5.94. The SMILES string of the molecule is Cc1cccn2c3c(c(=O)nc12)[C@H](c1cccc(F)c1)CC(=O)N3. The summed E-state index contributed by atoms with van der Waals surface area (Å²) < 4.78 is 15.3. The molecule has 120 valence electrons. The maximum Gasteiger partial charge on any atom is 0.279 e. The number of pyridine rings is 1. The Morgan fingerprint density at radius 1 is 1.25 bits per heavy atom. The fraction of sp³-hybridized carbons (Fsp3) is 0.167. The van der Waals surface area contributed by atoms with E-state index in [0.29, 0.717) is 22.6 Å². The molecule has 24 heavy (non-hydrogen) atoms. The lowest BCUT2D eigenvalue weighted by Crippen LogP contribution is -2.32. The van der Waals surface area contributed by atoms with Crippen molar-refractivity contribution >= 4 is 17.4 Å². The Kier molecular flexibility index (Phi) is 3.19. The molecule has 1 amide bonds. The fourth-order valence-electron chi connectivity index (χ4n) is 3.24. The van der Waals surface area contributed by atoms with E-state index in [-0.39, 0.29) is 12.3 Å². The Morgan fingerprint density at radius 2 is 2.08 bits per heavy atom. The van der Waals surface area contributed by atoms with Crippen LogP contribution in [-0.4, -0.2) is 15.3 Å². The Hall–Kier alpha value is -3.02. The third-order valence-corrected chi connectivity index (χ3v) is 4.34. The number of carbonyl (C=O) groups excluding carboxylic acids is 1. The zero-order valence-electron chi connectivity index (χ0n) is 12.9. The van der Waals surface area contributed by atoms with Crippen molar-refractivity contribution in [1.29, 1.82) is 0 Å². The summed E-state index contributed by atoms with van der Waals surface area (Å²) in [6.07, 6.45) is 1.84. The van der Waals surface area contributed by atoms with Gasteiger partial charge in [-0.3, -0.25) is 14.0 Å². The maximum absolute atomic E-state index is 13.6. The van der Waals surface area contributed by atoms with E-state index in [1.54, 1.807) is 22.7 Å². The Balaban J connectivity index is 2.04. The molecule has 0 unspecified atom stereocenters. The summed E-state index contributed by atoms with van der Waals surface area (Å²) in [4.78, 5) is 29.0. The summed E-state index contributed by atoms with van der Waals surface area (Å²) >= 11 is 0. The van der Waals surface area contributed by atoms with E-state index in [4.69, 9.17) is 0 Å². The number of nitrogens with one attached hydrogen (secondary N) is 1. The van der Waals surface area contributed by atoms with Crippen molar-refractivity contribution in [3.05, 3.63) is 75.5 Å². The lowest BCUT2D eigenvalue weighted by molar-refractivity contribution is -0.116. The van der Waals surface area contributed by atoms with Gasteiger partial charge in [0.15, 0.2) is 0 Å². The lowest BCUT2D eigenvalue weighted by atomic mass is 9.86. The molecule has 6 heteroatoms. The predicted octanol–water partition coefficient (Wildman–Crippen LogP) is 2.62. The highest BCUT2D eigenvalue weighted by Crippen LogP contribution is 2.35. The summed E-state index contributed by atoms with van der Waals surface area (Å²) in [5.41, 5.74) is 1.93. The average Bonchev–Trinajstić information content (AvgIpc) is 2.55. The molecule has 0 radical (unpaired) electrons. The molecular formula is C18H14FN3O2. The van der Waals surface area contributed by atoms with Gasteiger partial charge in [-0.05, 0) is 36.2 Å². The molecule has 5 nitrogen and oxygen atoms in total. The molecule has 0 spiro atoms. The van der Waals surface area contributed by atoms with Crippen molar-refractivity contribution in [1.82, 2.24) is 9.38 Å². The molecule has 0 bridgehead atoms. The van der Waals surface area contributed by atoms with Gasteiger partial charge in [0.2, 0.25) is 5.91 Å². The topological polar surface area (TPSA) is 63.5 Å². The smallest absolute Gasteiger partial charge is 0.279 e. The number of hydrogen-bond acceptors (Lipinski definition) is 3. The first-order valence-electron chi connectivity index (χ1n) is 7.62. The predicted molar refractivity (Wildman–Crippen MR) is 87.7 cm³/mol. The Labute approximate surface area is 136 Å². The number of hydrogen-bond donors (Lipinski definition) is 1. The second-order valence-corrected chi connectivity index (χ2v) is 5.92. The van der Waals surface area contributed by atoms with E-state index in [0.717, 1.165) is 5.56 Å². The molecule has 3 aromatic rings. The normalized spacial score (nSPS) is 16.8. The number of halogens is 1. The van der Waals surface area contributed by atoms with E-state index in [1.807, 2.05) is 19.1 Å². The number of fused-ring (bicyclic) bond motifs is 3. The molecular weight excluding hydrogens is 309 g/mol. The number of anilines is 1. The van der Waals surface area contributed by atoms with Crippen LogP contribution in [0.1, 0.15) is 29.0 Å². The second kappa shape index (κ2) is 5.26. The van der Waals surface area contributed by atoms with Crippen molar-refractivity contribution in [3.63, 3.8) is 0 Å². The minimum absolute atomic E-state index is 0.0885. The van der Waals surface area contributed by atoms with Crippen LogP contribution in [0.5, 0.6) is 0 Å². The number of nitrogens with zero attached hydrogens (tertiary/aromatic N) is 2. The van der Waals surface area contributed by atoms with Gasteiger partial charge in [0.05, 0.1) is 5.56 Å². The summed E-state index contributed by atoms with van der Waals surface area (Å²) in [5, 5.41) is 2.78. The first-order chi connectivity index (χ1) is 11.5. The van der Waals surface area contributed by atoms with Crippen LogP contribution in [-0.2, 0) is 4.79 Å². The largest absolute Gasteiger partial charge is 0.311 e. The number of aryl methyl sites for hydroxylation is 1. The number of carbonyl (C=O) groups is 1. The number of amides is 1. The third-order valence-electron chi connectivity index (χ3n) is 4.34. The van der Waals surface area contributed by atoms with Gasteiger partial charge < -0.3 is 5.32 Å². The van der Waals surface area contributed by atoms with Gasteiger partial charge in [0.1, 0.15) is 17.3 Å². The summed E-state index contributed by atoms with van der Waals surface area (Å²) in [6, 6.07) is 9.67. The molecule has 1 atom stereocenters. The van der Waals surface area contributed by atoms with Gasteiger partial charge in [0, 0.05) is 18.5 Å². The first-order valence-corrected chi connectivity index (χ1v) is 7.62. The second-order valence-electron chi connectivity index (χ2n) is 5.92. The minimum Gasteiger partial charge on any atom is -0.311 e. The fourth-order valence-corrected chi connectivity index (χ4v) is 3.24. The van der Waals surface area contributed by atoms with E-state index >= 15 is 0 Å². The van der Waals surface area contributed by atoms with E-state index < -0.39 is 17.3 Å². The van der Waals surface area contributed by atoms with Crippen LogP contribution in [0.25, 0.3) is 5.65 Å². The highest BCUT2D eigenvalue weighted by atomic mass is 19.1. The van der Waals surface area contributed by atoms with E-state index in [1.165, 1.54) is 12.1 Å². The van der Waals surface area contributed by atoms with Crippen LogP contribution < -0.4 is 10.9 Å². The minimum atomic E-state index is -0.512. The zero-order valence-corrected chi connectivity index (χ0v) is 12.9. The maximum atomic E-state index is 13.6. The Morgan fingerprint density at radius 3 is 2.88 bits per heavy atom. The van der Waals surface area contributed by atoms with Gasteiger partial charge in [-0.15, -0.1) is 0 Å². The molecule has 0 fully saturated rings. The van der Waals surface area contributed by atoms with Crippen molar-refractivity contribution < 1.29 is 9.18 Å². The van der Waals surface area contributed by atoms with Crippen LogP contribution in [0.3, 0.4) is 0 Å². The lowest BCUT2D eigenvalue weighted by Gasteiger charge is -2.26. The molecule has 1 aliphatic heterocycles. The van der Waals surface area contributed by atoms with Crippen molar-refractivity contribution in [2.24, 2.45) is 0 Å². The van der Waals surface area contributed by atoms with Crippen molar-refractivity contribution in [2.45, 2.75) is 19.3 Å². The van der Waals surface area contributed by atoms with Gasteiger partial charge in [-0.1, -0.05) is 18.2 Å². The molecule has 1 N–H and O–H groups in total. The molecule has 0 saturated carbocycles. The van der Waals surface area contributed by atoms with Crippen molar-refractivity contribution in [3.8, 4) is 0 Å². The molecule has 2 aromatic heterocycles. The highest BCUT2D eigenvalue weighted by Gasteiger charge is 2.31. The molecule has 1 aromatic carbocycles. The van der Waals surface area contributed by atoms with Crippen LogP contribution >= 0.6 is 0 Å². The van der Waals surface area contributed by atoms with Crippen molar-refractivity contribution in [2.75, 3.05) is 5.32 Å². The zero-order chi connectivity index (χ0) is 16.8. The summed E-state index contributed by atoms with van der Waals surface area (Å²) in [6.45, 7) is 1.85. The van der Waals surface area contributed by atoms with E-state index in [9.17, 15) is 14.0 Å². The van der Waals surface area contributed by atoms with Crippen LogP contribution in [0.2, 0.25) is 0 Å². The molecule has 1 aliphatic rings. The number of rotatable bonds is 1. The van der Waals surface area contributed by atoms with E-state index in [2.05, 4.69) is 10.3 Å². The summed E-state index contributed by atoms with van der Waals surface area (Å²) in [5.74, 6) is -0.705. The van der Waals surface area contributed by atoms with Gasteiger partial charge in [-0.25, -0.2) is 4.39 Å². The van der Waals surface area contributed by atoms with Crippen LogP contribution in [0.4, 0.5) is 10.2 Å². The summed E-state index contributed by atoms with van der Waals surface area (Å²) in [7, 11) is 0. The monoisotopic (exact) mass is 323 g/mol. The average molecular weight is 323 g/mol. The Bertz CT molecular complexity index is 1040.